The van der Waals surface area contributed by atoms with Crippen LogP contribution < -0.4 is 5.32 Å². The van der Waals surface area contributed by atoms with Gasteiger partial charge < -0.3 is 5.32 Å². The molecule has 1 aliphatic heterocycles. The summed E-state index contributed by atoms with van der Waals surface area (Å²) in [5.41, 5.74) is 0.626. The highest BCUT2D eigenvalue weighted by Crippen LogP contribution is 2.27. The average molecular weight is 427 g/mol. The van der Waals surface area contributed by atoms with Gasteiger partial charge >= 0.3 is 0 Å². The van der Waals surface area contributed by atoms with Crippen molar-refractivity contribution in [3.8, 4) is 0 Å². The number of amides is 1. The molecule has 5 nitrogen and oxygen atoms in total. The zero-order chi connectivity index (χ0) is 19.2. The summed E-state index contributed by atoms with van der Waals surface area (Å²) in [6.07, 6.45) is 3.27. The molecule has 27 heavy (non-hydrogen) atoms. The van der Waals surface area contributed by atoms with Gasteiger partial charge in [-0.15, -0.1) is 16.8 Å². The van der Waals surface area contributed by atoms with Crippen molar-refractivity contribution in [2.75, 3.05) is 24.2 Å². The molecule has 0 radical (unpaired) electrons. The quantitative estimate of drug-likeness (QED) is 0.402. The van der Waals surface area contributed by atoms with Crippen LogP contribution in [0.3, 0.4) is 0 Å². The Hall–Kier alpha value is -1.48. The lowest BCUT2D eigenvalue weighted by Crippen LogP contribution is -2.37. The molecule has 9 heteroatoms. The Morgan fingerprint density at radius 2 is 2.22 bits per heavy atom. The maximum absolute atomic E-state index is 13.9. The number of carbonyl (C=O) groups excluding carboxylic acids is 1. The second-order valence-corrected chi connectivity index (χ2v) is 8.93. The number of halogens is 2. The third kappa shape index (κ3) is 5.75. The van der Waals surface area contributed by atoms with Gasteiger partial charge in [0, 0.05) is 28.8 Å². The second-order valence-electron chi connectivity index (χ2n) is 6.25. The molecule has 0 spiro atoms. The molecular formula is C18H20ClFN4OS2. The molecule has 1 aromatic heterocycles. The van der Waals surface area contributed by atoms with E-state index in [0.717, 1.165) is 36.0 Å². The van der Waals surface area contributed by atoms with Crippen LogP contribution in [0.2, 0.25) is 5.02 Å². The van der Waals surface area contributed by atoms with Crippen LogP contribution in [0.4, 0.5) is 9.52 Å². The van der Waals surface area contributed by atoms with Crippen LogP contribution >= 0.6 is 34.7 Å². The number of benzene rings is 1. The van der Waals surface area contributed by atoms with Gasteiger partial charge in [-0.3, -0.25) is 9.69 Å². The number of aromatic nitrogens is 2. The van der Waals surface area contributed by atoms with Crippen molar-refractivity contribution in [2.24, 2.45) is 5.92 Å². The first-order valence-electron chi connectivity index (χ1n) is 8.59. The van der Waals surface area contributed by atoms with Crippen LogP contribution in [-0.4, -0.2) is 39.8 Å². The number of hydrogen-bond donors (Lipinski definition) is 1. The SMILES string of the molecule is C=CCSc1nnc(NC(=O)C2CCN(Cc3ccc(Cl)cc3F)CC2)s1. The highest BCUT2D eigenvalue weighted by Gasteiger charge is 2.26. The van der Waals surface area contributed by atoms with Crippen LogP contribution in [0.25, 0.3) is 0 Å². The van der Waals surface area contributed by atoms with Gasteiger partial charge in [0.2, 0.25) is 11.0 Å². The second kappa shape index (κ2) is 9.64. The maximum atomic E-state index is 13.9. The van der Waals surface area contributed by atoms with Crippen molar-refractivity contribution in [1.29, 1.82) is 0 Å². The molecule has 1 amide bonds. The average Bonchev–Trinajstić information content (AvgIpc) is 3.10. The number of carbonyl (C=O) groups is 1. The fourth-order valence-corrected chi connectivity index (χ4v) is 4.58. The summed E-state index contributed by atoms with van der Waals surface area (Å²) in [5, 5.41) is 11.8. The lowest BCUT2D eigenvalue weighted by atomic mass is 9.95. The minimum absolute atomic E-state index is 0.0243. The van der Waals surface area contributed by atoms with Crippen LogP contribution in [0, 0.1) is 11.7 Å². The summed E-state index contributed by atoms with van der Waals surface area (Å²) in [6.45, 7) is 5.69. The van der Waals surface area contributed by atoms with Gasteiger partial charge in [-0.1, -0.05) is 46.8 Å². The van der Waals surface area contributed by atoms with E-state index in [1.54, 1.807) is 18.2 Å². The molecule has 2 heterocycles. The largest absolute Gasteiger partial charge is 0.300 e. The van der Waals surface area contributed by atoms with Crippen molar-refractivity contribution in [2.45, 2.75) is 23.7 Å². The third-order valence-electron chi connectivity index (χ3n) is 4.33. The Bertz CT molecular complexity index is 808. The summed E-state index contributed by atoms with van der Waals surface area (Å²) >= 11 is 8.70. The zero-order valence-corrected chi connectivity index (χ0v) is 17.0. The van der Waals surface area contributed by atoms with Gasteiger partial charge in [0.1, 0.15) is 5.82 Å². The van der Waals surface area contributed by atoms with Gasteiger partial charge in [-0.25, -0.2) is 4.39 Å². The molecule has 0 saturated carbocycles. The van der Waals surface area contributed by atoms with Crippen LogP contribution in [-0.2, 0) is 11.3 Å². The molecule has 1 saturated heterocycles. The first-order chi connectivity index (χ1) is 13.0. The molecule has 3 rings (SSSR count). The zero-order valence-electron chi connectivity index (χ0n) is 14.7. The molecule has 1 N–H and O–H groups in total. The normalized spacial score (nSPS) is 15.6. The molecule has 0 atom stereocenters. The third-order valence-corrected chi connectivity index (χ3v) is 6.53. The Balaban J connectivity index is 1.47. The van der Waals surface area contributed by atoms with E-state index in [9.17, 15) is 9.18 Å². The van der Waals surface area contributed by atoms with Crippen molar-refractivity contribution in [3.63, 3.8) is 0 Å². The molecule has 0 unspecified atom stereocenters. The number of piperidine rings is 1. The number of nitrogens with one attached hydrogen (secondary N) is 1. The molecule has 0 aliphatic carbocycles. The maximum Gasteiger partial charge on any atom is 0.229 e. The number of likely N-dealkylation sites (tertiary alicyclic amines) is 1. The van der Waals surface area contributed by atoms with Crippen molar-refractivity contribution < 1.29 is 9.18 Å². The molecular weight excluding hydrogens is 407 g/mol. The summed E-state index contributed by atoms with van der Waals surface area (Å²) < 4.78 is 14.7. The summed E-state index contributed by atoms with van der Waals surface area (Å²) in [6, 6.07) is 4.75. The molecule has 1 fully saturated rings. The number of hydrogen-bond acceptors (Lipinski definition) is 6. The number of anilines is 1. The van der Waals surface area contributed by atoms with E-state index in [-0.39, 0.29) is 17.6 Å². The lowest BCUT2D eigenvalue weighted by molar-refractivity contribution is -0.121. The summed E-state index contributed by atoms with van der Waals surface area (Å²) in [4.78, 5) is 14.6. The fourth-order valence-electron chi connectivity index (χ4n) is 2.90. The van der Waals surface area contributed by atoms with E-state index in [1.807, 2.05) is 0 Å². The first-order valence-corrected chi connectivity index (χ1v) is 10.8. The fraction of sp³-hybridized carbons (Fsp3) is 0.389. The van der Waals surface area contributed by atoms with E-state index >= 15 is 0 Å². The van der Waals surface area contributed by atoms with Gasteiger partial charge in [0.15, 0.2) is 4.34 Å². The molecule has 144 valence electrons. The van der Waals surface area contributed by atoms with E-state index in [1.165, 1.54) is 29.2 Å². The molecule has 0 bridgehead atoms. The standard InChI is InChI=1S/C18H20ClFN4OS2/c1-2-9-26-18-23-22-17(27-18)21-16(25)12-5-7-24(8-6-12)11-13-3-4-14(19)10-15(13)20/h2-4,10,12H,1,5-9,11H2,(H,21,22,25). The monoisotopic (exact) mass is 426 g/mol. The van der Waals surface area contributed by atoms with Gasteiger partial charge in [0.05, 0.1) is 0 Å². The van der Waals surface area contributed by atoms with E-state index in [2.05, 4.69) is 27.0 Å². The highest BCUT2D eigenvalue weighted by atomic mass is 35.5. The molecule has 1 aliphatic rings. The van der Waals surface area contributed by atoms with Crippen molar-refractivity contribution >= 4 is 45.7 Å². The first kappa shape index (κ1) is 20.3. The number of rotatable bonds is 7. The van der Waals surface area contributed by atoms with E-state index < -0.39 is 0 Å². The Kier molecular flexibility index (Phi) is 7.23. The Morgan fingerprint density at radius 3 is 2.93 bits per heavy atom. The highest BCUT2D eigenvalue weighted by molar-refractivity contribution is 8.01. The van der Waals surface area contributed by atoms with Gasteiger partial charge in [0.25, 0.3) is 0 Å². The summed E-state index contributed by atoms with van der Waals surface area (Å²) in [7, 11) is 0. The van der Waals surface area contributed by atoms with Crippen LogP contribution in [0.1, 0.15) is 18.4 Å². The molecule has 2 aromatic rings. The Labute approximate surface area is 171 Å². The van der Waals surface area contributed by atoms with Crippen molar-refractivity contribution in [3.05, 3.63) is 47.3 Å². The minimum Gasteiger partial charge on any atom is -0.300 e. The van der Waals surface area contributed by atoms with Gasteiger partial charge in [-0.2, -0.15) is 0 Å². The Morgan fingerprint density at radius 1 is 1.44 bits per heavy atom. The topological polar surface area (TPSA) is 58.1 Å². The number of thioether (sulfide) groups is 1. The van der Waals surface area contributed by atoms with Crippen molar-refractivity contribution in [1.82, 2.24) is 15.1 Å². The molecule has 1 aromatic carbocycles. The smallest absolute Gasteiger partial charge is 0.229 e. The van der Waals surface area contributed by atoms with Crippen LogP contribution in [0.5, 0.6) is 0 Å². The van der Waals surface area contributed by atoms with Crippen LogP contribution in [0.15, 0.2) is 35.2 Å². The van der Waals surface area contributed by atoms with E-state index in [4.69, 9.17) is 11.6 Å². The minimum atomic E-state index is -0.288. The predicted octanol–water partition coefficient (Wildman–Crippen LogP) is 4.46. The lowest BCUT2D eigenvalue weighted by Gasteiger charge is -2.31. The van der Waals surface area contributed by atoms with Gasteiger partial charge in [-0.05, 0) is 38.1 Å². The predicted molar refractivity (Wildman–Crippen MR) is 109 cm³/mol. The summed E-state index contributed by atoms with van der Waals surface area (Å²) in [5.74, 6) is 0.381. The van der Waals surface area contributed by atoms with E-state index in [0.29, 0.717) is 22.3 Å². The number of nitrogens with zero attached hydrogens (tertiary/aromatic N) is 3.